The van der Waals surface area contributed by atoms with E-state index >= 15 is 0 Å². The topological polar surface area (TPSA) is 77.4 Å². The number of aliphatic hydroxyl groups excluding tert-OH is 1. The fraction of sp³-hybridized carbons (Fsp3) is 1.00. The number of unbranched alkanes of at least 4 members (excludes halogenated alkanes) is 14. The van der Waals surface area contributed by atoms with Gasteiger partial charge in [-0.1, -0.05) is 117 Å². The number of rotatable bonds is 22. The van der Waals surface area contributed by atoms with Crippen LogP contribution in [0.3, 0.4) is 0 Å². The van der Waals surface area contributed by atoms with E-state index in [2.05, 4.69) is 6.92 Å². The van der Waals surface area contributed by atoms with Crippen molar-refractivity contribution < 1.29 is 69.5 Å². The molecule has 4 nitrogen and oxygen atoms in total. The summed E-state index contributed by atoms with van der Waals surface area (Å²) in [4.78, 5) is 0. The molecule has 176 valence electrons. The second-order valence-electron chi connectivity index (χ2n) is 8.85. The van der Waals surface area contributed by atoms with Gasteiger partial charge in [-0.05, 0) is 25.7 Å². The van der Waals surface area contributed by atoms with Crippen LogP contribution in [0.5, 0.6) is 0 Å². The summed E-state index contributed by atoms with van der Waals surface area (Å²) < 4.78 is 33.1. The summed E-state index contributed by atoms with van der Waals surface area (Å²) in [6.45, 7) is 3.95. The van der Waals surface area contributed by atoms with Gasteiger partial charge in [0, 0.05) is 5.25 Å². The van der Waals surface area contributed by atoms with Crippen LogP contribution in [0, 0.1) is 0 Å². The van der Waals surface area contributed by atoms with E-state index in [4.69, 9.17) is 0 Å². The second kappa shape index (κ2) is 23.7. The Bertz CT molecular complexity index is 442. The third-order valence-corrected chi connectivity index (χ3v) is 7.45. The number of hydrogen-bond acceptors (Lipinski definition) is 4. The van der Waals surface area contributed by atoms with Crippen molar-refractivity contribution in [3.8, 4) is 0 Å². The summed E-state index contributed by atoms with van der Waals surface area (Å²) in [5.74, 6) is 0. The van der Waals surface area contributed by atoms with Crippen molar-refractivity contribution in [2.75, 3.05) is 0 Å². The van der Waals surface area contributed by atoms with E-state index in [9.17, 15) is 18.1 Å². The molecule has 0 aliphatic heterocycles. The average molecular weight is 473 g/mol. The Labute approximate surface area is 230 Å². The van der Waals surface area contributed by atoms with Gasteiger partial charge in [-0.3, -0.25) is 0 Å². The summed E-state index contributed by atoms with van der Waals surface area (Å²) in [6.07, 6.45) is 22.5. The standard InChI is InChI=1S/C24H50O4S.K/c1-3-5-20-23(25)21-18-16-14-12-10-8-6-7-9-11-13-15-17-19-22-24(4-2)29(26,27)28;/h23-25H,3-22H2,1-2H3,(H,26,27,28);/q;+1/p-1. The Kier molecular flexibility index (Phi) is 26.6. The smallest absolute Gasteiger partial charge is 0.748 e. The van der Waals surface area contributed by atoms with Crippen molar-refractivity contribution in [2.45, 2.75) is 154 Å². The Balaban J connectivity index is 0. The van der Waals surface area contributed by atoms with Crippen LogP contribution in [0.25, 0.3) is 0 Å². The van der Waals surface area contributed by atoms with Crippen molar-refractivity contribution in [3.63, 3.8) is 0 Å². The number of aliphatic hydroxyl groups is 1. The second-order valence-corrected chi connectivity index (χ2v) is 10.5. The molecule has 2 atom stereocenters. The molecule has 0 aromatic rings. The minimum absolute atomic E-state index is 0. The SMILES string of the molecule is CCCCC(O)CCCCCCCCCCCCCCCCC(CC)S(=O)(=O)[O-].[K+]. The quantitative estimate of drug-likeness (QED) is 0.146. The zero-order chi connectivity index (χ0) is 21.8. The minimum Gasteiger partial charge on any atom is -0.748 e. The van der Waals surface area contributed by atoms with Gasteiger partial charge in [0.2, 0.25) is 0 Å². The van der Waals surface area contributed by atoms with E-state index in [1.165, 1.54) is 77.0 Å². The van der Waals surface area contributed by atoms with Crippen molar-refractivity contribution in [2.24, 2.45) is 0 Å². The van der Waals surface area contributed by atoms with Gasteiger partial charge >= 0.3 is 51.4 Å². The third-order valence-electron chi connectivity index (χ3n) is 6.07. The molecule has 0 heterocycles. The van der Waals surface area contributed by atoms with Crippen molar-refractivity contribution in [3.05, 3.63) is 0 Å². The van der Waals surface area contributed by atoms with E-state index in [-0.39, 0.29) is 57.5 Å². The van der Waals surface area contributed by atoms with E-state index in [0.717, 1.165) is 38.5 Å². The fourth-order valence-electron chi connectivity index (χ4n) is 4.01. The molecule has 0 saturated heterocycles. The molecule has 0 radical (unpaired) electrons. The van der Waals surface area contributed by atoms with Gasteiger partial charge in [-0.15, -0.1) is 0 Å². The van der Waals surface area contributed by atoms with E-state index in [0.29, 0.717) is 12.8 Å². The van der Waals surface area contributed by atoms with Gasteiger partial charge in [0.1, 0.15) is 0 Å². The fourth-order valence-corrected chi connectivity index (χ4v) is 4.87. The molecule has 0 fully saturated rings. The largest absolute Gasteiger partial charge is 1.00 e. The molecule has 0 saturated carbocycles. The van der Waals surface area contributed by atoms with Crippen LogP contribution < -0.4 is 51.4 Å². The average Bonchev–Trinajstić information content (AvgIpc) is 2.67. The Morgan fingerprint density at radius 1 is 0.633 bits per heavy atom. The molecule has 0 amide bonds. The number of hydrogen-bond donors (Lipinski definition) is 1. The normalized spacial score (nSPS) is 13.7. The predicted octanol–water partition coefficient (Wildman–Crippen LogP) is 4.11. The van der Waals surface area contributed by atoms with Crippen molar-refractivity contribution in [1.82, 2.24) is 0 Å². The van der Waals surface area contributed by atoms with E-state index < -0.39 is 15.4 Å². The minimum atomic E-state index is -4.10. The maximum Gasteiger partial charge on any atom is 1.00 e. The third kappa shape index (κ3) is 22.7. The first-order valence-corrected chi connectivity index (χ1v) is 14.0. The van der Waals surface area contributed by atoms with Crippen LogP contribution in [0.2, 0.25) is 0 Å². The maximum atomic E-state index is 11.0. The molecule has 0 rings (SSSR count). The van der Waals surface area contributed by atoms with Gasteiger partial charge in [-0.2, -0.15) is 0 Å². The first-order chi connectivity index (χ1) is 13.9. The molecule has 0 aromatic carbocycles. The first-order valence-electron chi connectivity index (χ1n) is 12.5. The Hall–Kier alpha value is 1.51. The molecular weight excluding hydrogens is 423 g/mol. The zero-order valence-corrected chi connectivity index (χ0v) is 24.3. The summed E-state index contributed by atoms with van der Waals surface area (Å²) in [7, 11) is -4.10. The molecule has 2 unspecified atom stereocenters. The maximum absolute atomic E-state index is 11.0. The van der Waals surface area contributed by atoms with E-state index in [1.807, 2.05) is 0 Å². The van der Waals surface area contributed by atoms with Crippen LogP contribution >= 0.6 is 0 Å². The van der Waals surface area contributed by atoms with Crippen molar-refractivity contribution in [1.29, 1.82) is 0 Å². The molecule has 1 N–H and O–H groups in total. The summed E-state index contributed by atoms with van der Waals surface area (Å²) in [5, 5.41) is 9.13. The molecule has 0 bridgehead atoms. The molecule has 0 aliphatic rings. The molecule has 0 spiro atoms. The summed E-state index contributed by atoms with van der Waals surface area (Å²) in [6, 6.07) is 0. The van der Waals surface area contributed by atoms with Gasteiger partial charge in [0.15, 0.2) is 0 Å². The summed E-state index contributed by atoms with van der Waals surface area (Å²) in [5.41, 5.74) is 0. The monoisotopic (exact) mass is 472 g/mol. The van der Waals surface area contributed by atoms with Gasteiger partial charge < -0.3 is 9.66 Å². The van der Waals surface area contributed by atoms with Crippen LogP contribution in [0.1, 0.15) is 142 Å². The Morgan fingerprint density at radius 2 is 0.967 bits per heavy atom. The van der Waals surface area contributed by atoms with Gasteiger partial charge in [0.05, 0.1) is 16.2 Å². The zero-order valence-electron chi connectivity index (χ0n) is 20.4. The predicted molar refractivity (Wildman–Crippen MR) is 123 cm³/mol. The Morgan fingerprint density at radius 3 is 1.30 bits per heavy atom. The molecule has 30 heavy (non-hydrogen) atoms. The van der Waals surface area contributed by atoms with Crippen LogP contribution in [0.15, 0.2) is 0 Å². The molecule has 6 heteroatoms. The molecular formula is C24H49KO4S. The molecule has 0 aliphatic carbocycles. The van der Waals surface area contributed by atoms with Crippen LogP contribution in [0.4, 0.5) is 0 Å². The van der Waals surface area contributed by atoms with Crippen LogP contribution in [-0.2, 0) is 10.1 Å². The van der Waals surface area contributed by atoms with Gasteiger partial charge in [0.25, 0.3) is 0 Å². The first kappa shape index (κ1) is 33.7. The van der Waals surface area contributed by atoms with Crippen molar-refractivity contribution >= 4 is 10.1 Å². The van der Waals surface area contributed by atoms with E-state index in [1.54, 1.807) is 6.92 Å². The summed E-state index contributed by atoms with van der Waals surface area (Å²) >= 11 is 0. The van der Waals surface area contributed by atoms with Gasteiger partial charge in [-0.25, -0.2) is 8.42 Å². The molecule has 0 aromatic heterocycles. The van der Waals surface area contributed by atoms with Crippen LogP contribution in [-0.4, -0.2) is 29.4 Å².